The molecule has 1 saturated heterocycles. The highest BCUT2D eigenvalue weighted by Gasteiger charge is 2.21. The maximum Gasteiger partial charge on any atom is 0.0234 e. The molecule has 0 amide bonds. The molecular formula is C17H28N2S. The number of nitrogens with one attached hydrogen (secondary N) is 1. The van der Waals surface area contributed by atoms with E-state index in [1.54, 1.807) is 0 Å². The lowest BCUT2D eigenvalue weighted by Crippen LogP contribution is -2.39. The second-order valence-corrected chi connectivity index (χ2v) is 8.19. The van der Waals surface area contributed by atoms with Crippen LogP contribution in [-0.4, -0.2) is 34.5 Å². The first-order valence-electron chi connectivity index (χ1n) is 7.72. The van der Waals surface area contributed by atoms with Gasteiger partial charge in [0.25, 0.3) is 0 Å². The van der Waals surface area contributed by atoms with Crippen LogP contribution in [0.5, 0.6) is 0 Å². The molecule has 1 fully saturated rings. The first kappa shape index (κ1) is 15.9. The molecule has 1 aliphatic heterocycles. The molecule has 1 aromatic carbocycles. The fourth-order valence-electron chi connectivity index (χ4n) is 2.76. The lowest BCUT2D eigenvalue weighted by atomic mass is 10.1. The van der Waals surface area contributed by atoms with Gasteiger partial charge < -0.3 is 5.32 Å². The van der Waals surface area contributed by atoms with Gasteiger partial charge >= 0.3 is 0 Å². The number of benzene rings is 1. The van der Waals surface area contributed by atoms with E-state index in [0.29, 0.717) is 6.04 Å². The third kappa shape index (κ3) is 5.12. The van der Waals surface area contributed by atoms with Gasteiger partial charge in [-0.2, -0.15) is 11.8 Å². The molecule has 1 aliphatic rings. The Morgan fingerprint density at radius 3 is 2.20 bits per heavy atom. The molecule has 0 bridgehead atoms. The second-order valence-electron chi connectivity index (χ2n) is 6.30. The normalized spacial score (nSPS) is 24.2. The van der Waals surface area contributed by atoms with Crippen LogP contribution in [0.2, 0.25) is 0 Å². The van der Waals surface area contributed by atoms with Crippen LogP contribution in [0.25, 0.3) is 0 Å². The average Bonchev–Trinajstić information content (AvgIpc) is 2.36. The van der Waals surface area contributed by atoms with Crippen LogP contribution >= 0.6 is 11.8 Å². The van der Waals surface area contributed by atoms with E-state index in [0.717, 1.165) is 23.6 Å². The highest BCUT2D eigenvalue weighted by molar-refractivity contribution is 8.00. The van der Waals surface area contributed by atoms with Gasteiger partial charge in [-0.3, -0.25) is 4.90 Å². The molecule has 0 aromatic heterocycles. The Morgan fingerprint density at radius 1 is 1.10 bits per heavy atom. The van der Waals surface area contributed by atoms with Gasteiger partial charge in [-0.1, -0.05) is 52.0 Å². The molecule has 2 rings (SSSR count). The Kier molecular flexibility index (Phi) is 5.94. The fraction of sp³-hybridized carbons (Fsp3) is 0.647. The molecule has 0 aliphatic carbocycles. The van der Waals surface area contributed by atoms with Crippen LogP contribution in [-0.2, 0) is 13.1 Å². The highest BCUT2D eigenvalue weighted by Crippen LogP contribution is 2.25. The van der Waals surface area contributed by atoms with Gasteiger partial charge in [-0.15, -0.1) is 0 Å². The number of hydrogen-bond donors (Lipinski definition) is 1. The Labute approximate surface area is 128 Å². The lowest BCUT2D eigenvalue weighted by Gasteiger charge is -2.34. The molecule has 112 valence electrons. The van der Waals surface area contributed by atoms with Crippen molar-refractivity contribution in [2.45, 2.75) is 57.3 Å². The van der Waals surface area contributed by atoms with Gasteiger partial charge in [0.15, 0.2) is 0 Å². The van der Waals surface area contributed by atoms with E-state index in [1.807, 2.05) is 0 Å². The average molecular weight is 292 g/mol. The van der Waals surface area contributed by atoms with E-state index in [-0.39, 0.29) is 0 Å². The maximum atomic E-state index is 3.46. The van der Waals surface area contributed by atoms with Crippen molar-refractivity contribution in [2.75, 3.05) is 13.1 Å². The standard InChI is InChI=1S/C17H28N2S/c1-13(2)18-9-16-5-7-17(8-6-16)12-19-10-14(3)20-15(4)11-19/h5-8,13-15,18H,9-12H2,1-4H3. The van der Waals surface area contributed by atoms with E-state index in [1.165, 1.54) is 24.2 Å². The summed E-state index contributed by atoms with van der Waals surface area (Å²) in [5.41, 5.74) is 2.81. The largest absolute Gasteiger partial charge is 0.310 e. The Morgan fingerprint density at radius 2 is 1.65 bits per heavy atom. The molecule has 2 unspecified atom stereocenters. The molecule has 1 aromatic rings. The van der Waals surface area contributed by atoms with E-state index in [4.69, 9.17) is 0 Å². The van der Waals surface area contributed by atoms with Gasteiger partial charge in [0.05, 0.1) is 0 Å². The summed E-state index contributed by atoms with van der Waals surface area (Å²) >= 11 is 2.12. The summed E-state index contributed by atoms with van der Waals surface area (Å²) in [6.45, 7) is 13.5. The minimum absolute atomic E-state index is 0.545. The third-order valence-corrected chi connectivity index (χ3v) is 4.87. The molecule has 0 saturated carbocycles. The molecule has 0 radical (unpaired) electrons. The van der Waals surface area contributed by atoms with Crippen molar-refractivity contribution in [1.29, 1.82) is 0 Å². The highest BCUT2D eigenvalue weighted by atomic mass is 32.2. The summed E-state index contributed by atoms with van der Waals surface area (Å²) < 4.78 is 0. The van der Waals surface area contributed by atoms with E-state index in [9.17, 15) is 0 Å². The summed E-state index contributed by atoms with van der Waals surface area (Å²) in [5.74, 6) is 0. The van der Waals surface area contributed by atoms with Gasteiger partial charge in [0.2, 0.25) is 0 Å². The van der Waals surface area contributed by atoms with Crippen LogP contribution in [0.4, 0.5) is 0 Å². The van der Waals surface area contributed by atoms with E-state index >= 15 is 0 Å². The molecule has 2 nitrogen and oxygen atoms in total. The van der Waals surface area contributed by atoms with Crippen LogP contribution in [0.15, 0.2) is 24.3 Å². The molecule has 1 N–H and O–H groups in total. The molecular weight excluding hydrogens is 264 g/mol. The summed E-state index contributed by atoms with van der Waals surface area (Å²) in [5, 5.41) is 4.98. The van der Waals surface area contributed by atoms with Crippen LogP contribution in [0.1, 0.15) is 38.8 Å². The van der Waals surface area contributed by atoms with Crippen molar-refractivity contribution in [3.05, 3.63) is 35.4 Å². The van der Waals surface area contributed by atoms with Crippen molar-refractivity contribution in [1.82, 2.24) is 10.2 Å². The molecule has 3 heteroatoms. The minimum atomic E-state index is 0.545. The second kappa shape index (κ2) is 7.48. The summed E-state index contributed by atoms with van der Waals surface area (Å²) in [7, 11) is 0. The predicted molar refractivity (Wildman–Crippen MR) is 90.2 cm³/mol. The Balaban J connectivity index is 1.87. The van der Waals surface area contributed by atoms with Gasteiger partial charge in [-0.25, -0.2) is 0 Å². The zero-order chi connectivity index (χ0) is 14.5. The number of hydrogen-bond acceptors (Lipinski definition) is 3. The zero-order valence-electron chi connectivity index (χ0n) is 13.2. The number of thioether (sulfide) groups is 1. The van der Waals surface area contributed by atoms with Crippen LogP contribution in [0.3, 0.4) is 0 Å². The van der Waals surface area contributed by atoms with Crippen molar-refractivity contribution in [3.8, 4) is 0 Å². The quantitative estimate of drug-likeness (QED) is 0.894. The third-order valence-electron chi connectivity index (χ3n) is 3.64. The van der Waals surface area contributed by atoms with Gasteiger partial charge in [0, 0.05) is 42.7 Å². The van der Waals surface area contributed by atoms with Crippen molar-refractivity contribution in [2.24, 2.45) is 0 Å². The fourth-order valence-corrected chi connectivity index (χ4v) is 4.14. The molecule has 0 spiro atoms. The lowest BCUT2D eigenvalue weighted by molar-refractivity contribution is 0.263. The predicted octanol–water partition coefficient (Wildman–Crippen LogP) is 3.51. The Bertz CT molecular complexity index is 392. The van der Waals surface area contributed by atoms with E-state index in [2.05, 4.69) is 73.9 Å². The Hall–Kier alpha value is -0.510. The minimum Gasteiger partial charge on any atom is -0.310 e. The molecule has 20 heavy (non-hydrogen) atoms. The van der Waals surface area contributed by atoms with Crippen LogP contribution < -0.4 is 5.32 Å². The van der Waals surface area contributed by atoms with Gasteiger partial charge in [0.1, 0.15) is 0 Å². The first-order valence-corrected chi connectivity index (χ1v) is 8.66. The van der Waals surface area contributed by atoms with Crippen molar-refractivity contribution >= 4 is 11.8 Å². The SMILES string of the molecule is CC(C)NCc1ccc(CN2CC(C)SC(C)C2)cc1. The smallest absolute Gasteiger partial charge is 0.0234 e. The van der Waals surface area contributed by atoms with Crippen molar-refractivity contribution in [3.63, 3.8) is 0 Å². The number of rotatable bonds is 5. The zero-order valence-corrected chi connectivity index (χ0v) is 14.0. The van der Waals surface area contributed by atoms with E-state index < -0.39 is 0 Å². The molecule has 1 heterocycles. The topological polar surface area (TPSA) is 15.3 Å². The monoisotopic (exact) mass is 292 g/mol. The summed E-state index contributed by atoms with van der Waals surface area (Å²) in [6.07, 6.45) is 0. The summed E-state index contributed by atoms with van der Waals surface area (Å²) in [4.78, 5) is 2.59. The van der Waals surface area contributed by atoms with Crippen molar-refractivity contribution < 1.29 is 0 Å². The molecule has 2 atom stereocenters. The first-order chi connectivity index (χ1) is 9.52. The van der Waals surface area contributed by atoms with Crippen LogP contribution in [0, 0.1) is 0 Å². The summed E-state index contributed by atoms with van der Waals surface area (Å²) in [6, 6.07) is 9.64. The maximum absolute atomic E-state index is 3.46. The number of nitrogens with zero attached hydrogens (tertiary/aromatic N) is 1. The van der Waals surface area contributed by atoms with Gasteiger partial charge in [-0.05, 0) is 11.1 Å².